The standard InChI is InChI=1S/C11H20O3/c1-2-3-4-5-6-10(12)9-11-13-7-8-14-11/h11H,2-9H2,1H3. The number of unbranched alkanes of at least 4 members (excludes halogenated alkanes) is 3. The van der Waals surface area contributed by atoms with E-state index < -0.39 is 0 Å². The van der Waals surface area contributed by atoms with Gasteiger partial charge in [-0.15, -0.1) is 0 Å². The monoisotopic (exact) mass is 200 g/mol. The number of rotatable bonds is 7. The van der Waals surface area contributed by atoms with Crippen molar-refractivity contribution in [3.8, 4) is 0 Å². The van der Waals surface area contributed by atoms with Gasteiger partial charge in [-0.05, 0) is 6.42 Å². The van der Waals surface area contributed by atoms with E-state index in [9.17, 15) is 4.79 Å². The van der Waals surface area contributed by atoms with Crippen LogP contribution in [0, 0.1) is 0 Å². The summed E-state index contributed by atoms with van der Waals surface area (Å²) < 4.78 is 10.4. The fraction of sp³-hybridized carbons (Fsp3) is 0.909. The Kier molecular flexibility index (Phi) is 5.80. The molecule has 0 radical (unpaired) electrons. The van der Waals surface area contributed by atoms with Crippen LogP contribution in [-0.4, -0.2) is 25.3 Å². The first-order valence-electron chi connectivity index (χ1n) is 5.58. The Balaban J connectivity index is 1.98. The molecule has 0 N–H and O–H groups in total. The molecule has 0 saturated carbocycles. The fourth-order valence-corrected chi connectivity index (χ4v) is 1.56. The van der Waals surface area contributed by atoms with E-state index in [-0.39, 0.29) is 12.1 Å². The van der Waals surface area contributed by atoms with Crippen molar-refractivity contribution in [2.24, 2.45) is 0 Å². The molecule has 0 atom stereocenters. The first-order valence-corrected chi connectivity index (χ1v) is 5.58. The molecule has 3 heteroatoms. The Labute approximate surface area is 85.8 Å². The summed E-state index contributed by atoms with van der Waals surface area (Å²) in [5.41, 5.74) is 0. The third-order valence-corrected chi connectivity index (χ3v) is 2.39. The second kappa shape index (κ2) is 6.96. The third-order valence-electron chi connectivity index (χ3n) is 2.39. The maximum Gasteiger partial charge on any atom is 0.164 e. The molecular formula is C11H20O3. The van der Waals surface area contributed by atoms with Crippen LogP contribution >= 0.6 is 0 Å². The molecule has 1 rings (SSSR count). The lowest BCUT2D eigenvalue weighted by atomic mass is 10.1. The van der Waals surface area contributed by atoms with E-state index >= 15 is 0 Å². The number of carbonyl (C=O) groups excluding carboxylic acids is 1. The first-order chi connectivity index (χ1) is 6.83. The molecule has 1 saturated heterocycles. The molecule has 0 aromatic rings. The lowest BCUT2D eigenvalue weighted by Gasteiger charge is -2.07. The summed E-state index contributed by atoms with van der Waals surface area (Å²) in [6.07, 6.45) is 5.48. The highest BCUT2D eigenvalue weighted by Gasteiger charge is 2.18. The molecule has 1 fully saturated rings. The third kappa shape index (κ3) is 4.72. The van der Waals surface area contributed by atoms with Crippen molar-refractivity contribution in [1.82, 2.24) is 0 Å². The van der Waals surface area contributed by atoms with E-state index in [2.05, 4.69) is 6.92 Å². The van der Waals surface area contributed by atoms with Crippen LogP contribution in [0.25, 0.3) is 0 Å². The Hall–Kier alpha value is -0.410. The topological polar surface area (TPSA) is 35.5 Å². The van der Waals surface area contributed by atoms with E-state index in [1.54, 1.807) is 0 Å². The van der Waals surface area contributed by atoms with E-state index in [1.165, 1.54) is 12.8 Å². The number of hydrogen-bond donors (Lipinski definition) is 0. The van der Waals surface area contributed by atoms with Crippen LogP contribution < -0.4 is 0 Å². The molecule has 1 aliphatic heterocycles. The minimum atomic E-state index is -0.256. The van der Waals surface area contributed by atoms with E-state index in [0.29, 0.717) is 26.1 Å². The zero-order valence-electron chi connectivity index (χ0n) is 8.96. The summed E-state index contributed by atoms with van der Waals surface area (Å²) >= 11 is 0. The quantitative estimate of drug-likeness (QED) is 0.591. The molecule has 0 amide bonds. The fourth-order valence-electron chi connectivity index (χ4n) is 1.56. The van der Waals surface area contributed by atoms with Gasteiger partial charge in [0, 0.05) is 6.42 Å². The van der Waals surface area contributed by atoms with Crippen molar-refractivity contribution in [2.75, 3.05) is 13.2 Å². The Morgan fingerprint density at radius 3 is 2.57 bits per heavy atom. The van der Waals surface area contributed by atoms with Crippen LogP contribution in [0.15, 0.2) is 0 Å². The average Bonchev–Trinajstić information content (AvgIpc) is 2.65. The minimum absolute atomic E-state index is 0.256. The summed E-state index contributed by atoms with van der Waals surface area (Å²) in [6.45, 7) is 3.43. The normalized spacial score (nSPS) is 17.5. The predicted molar refractivity (Wildman–Crippen MR) is 54.1 cm³/mol. The highest BCUT2D eigenvalue weighted by molar-refractivity contribution is 5.78. The molecule has 3 nitrogen and oxygen atoms in total. The number of carbonyl (C=O) groups is 1. The van der Waals surface area contributed by atoms with Gasteiger partial charge >= 0.3 is 0 Å². The molecule has 82 valence electrons. The molecule has 0 spiro atoms. The van der Waals surface area contributed by atoms with Gasteiger partial charge in [-0.3, -0.25) is 4.79 Å². The van der Waals surface area contributed by atoms with Crippen molar-refractivity contribution in [3.63, 3.8) is 0 Å². The summed E-state index contributed by atoms with van der Waals surface area (Å²) in [4.78, 5) is 11.4. The van der Waals surface area contributed by atoms with Gasteiger partial charge in [0.25, 0.3) is 0 Å². The van der Waals surface area contributed by atoms with Crippen molar-refractivity contribution < 1.29 is 14.3 Å². The van der Waals surface area contributed by atoms with E-state index in [1.807, 2.05) is 0 Å². The smallest absolute Gasteiger partial charge is 0.164 e. The van der Waals surface area contributed by atoms with Crippen LogP contribution in [0.4, 0.5) is 0 Å². The van der Waals surface area contributed by atoms with Crippen molar-refractivity contribution >= 4 is 5.78 Å². The van der Waals surface area contributed by atoms with Crippen LogP contribution in [0.5, 0.6) is 0 Å². The average molecular weight is 200 g/mol. The van der Waals surface area contributed by atoms with E-state index in [0.717, 1.165) is 12.8 Å². The number of ether oxygens (including phenoxy) is 2. The molecule has 14 heavy (non-hydrogen) atoms. The van der Waals surface area contributed by atoms with Gasteiger partial charge in [-0.1, -0.05) is 26.2 Å². The van der Waals surface area contributed by atoms with Crippen molar-refractivity contribution in [1.29, 1.82) is 0 Å². The highest BCUT2D eigenvalue weighted by Crippen LogP contribution is 2.11. The van der Waals surface area contributed by atoms with Crippen LogP contribution in [0.1, 0.15) is 45.4 Å². The largest absolute Gasteiger partial charge is 0.350 e. The minimum Gasteiger partial charge on any atom is -0.350 e. The zero-order valence-corrected chi connectivity index (χ0v) is 8.96. The summed E-state index contributed by atoms with van der Waals surface area (Å²) in [7, 11) is 0. The van der Waals surface area contributed by atoms with Gasteiger partial charge < -0.3 is 9.47 Å². The molecule has 0 aromatic carbocycles. The lowest BCUT2D eigenvalue weighted by molar-refractivity contribution is -0.127. The van der Waals surface area contributed by atoms with Gasteiger partial charge in [0.2, 0.25) is 0 Å². The maximum absolute atomic E-state index is 11.4. The lowest BCUT2D eigenvalue weighted by Crippen LogP contribution is -2.14. The number of ketones is 1. The van der Waals surface area contributed by atoms with Gasteiger partial charge in [0.05, 0.1) is 19.6 Å². The molecule has 0 aliphatic carbocycles. The Morgan fingerprint density at radius 2 is 1.93 bits per heavy atom. The summed E-state index contributed by atoms with van der Waals surface area (Å²) in [5.74, 6) is 0.271. The Bertz CT molecular complexity index is 162. The molecule has 0 aromatic heterocycles. The number of Topliss-reactive ketones (excluding diaryl/α,β-unsaturated/α-hetero) is 1. The molecule has 0 bridgehead atoms. The molecule has 0 unspecified atom stereocenters. The molecule has 1 aliphatic rings. The first kappa shape index (κ1) is 11.7. The van der Waals surface area contributed by atoms with Gasteiger partial charge in [0.15, 0.2) is 6.29 Å². The van der Waals surface area contributed by atoms with Crippen LogP contribution in [0.2, 0.25) is 0 Å². The number of hydrogen-bond acceptors (Lipinski definition) is 3. The molecular weight excluding hydrogens is 180 g/mol. The highest BCUT2D eigenvalue weighted by atomic mass is 16.7. The van der Waals surface area contributed by atoms with Gasteiger partial charge in [-0.2, -0.15) is 0 Å². The molecule has 1 heterocycles. The SMILES string of the molecule is CCCCCCC(=O)CC1OCCO1. The Morgan fingerprint density at radius 1 is 1.21 bits per heavy atom. The van der Waals surface area contributed by atoms with Crippen molar-refractivity contribution in [3.05, 3.63) is 0 Å². The maximum atomic E-state index is 11.4. The second-order valence-corrected chi connectivity index (χ2v) is 3.72. The van der Waals surface area contributed by atoms with Gasteiger partial charge in [0.1, 0.15) is 5.78 Å². The van der Waals surface area contributed by atoms with Crippen LogP contribution in [0.3, 0.4) is 0 Å². The van der Waals surface area contributed by atoms with E-state index in [4.69, 9.17) is 9.47 Å². The predicted octanol–water partition coefficient (Wildman–Crippen LogP) is 2.29. The second-order valence-electron chi connectivity index (χ2n) is 3.72. The van der Waals surface area contributed by atoms with Crippen LogP contribution in [-0.2, 0) is 14.3 Å². The summed E-state index contributed by atoms with van der Waals surface area (Å²) in [6, 6.07) is 0. The zero-order chi connectivity index (χ0) is 10.2. The summed E-state index contributed by atoms with van der Waals surface area (Å²) in [5, 5.41) is 0. The van der Waals surface area contributed by atoms with Crippen molar-refractivity contribution in [2.45, 2.75) is 51.7 Å². The van der Waals surface area contributed by atoms with Gasteiger partial charge in [-0.25, -0.2) is 0 Å².